The molecule has 4 nitrogen and oxygen atoms in total. The second kappa shape index (κ2) is 5.75. The van der Waals surface area contributed by atoms with E-state index in [4.69, 9.17) is 10.5 Å². The van der Waals surface area contributed by atoms with Crippen LogP contribution in [0.4, 0.5) is 0 Å². The van der Waals surface area contributed by atoms with Crippen LogP contribution < -0.4 is 0 Å². The van der Waals surface area contributed by atoms with Gasteiger partial charge in [-0.3, -0.25) is 9.59 Å². The fourth-order valence-corrected chi connectivity index (χ4v) is 1.38. The molecule has 0 amide bonds. The number of hydrogen-bond acceptors (Lipinski definition) is 4. The molecule has 4 heteroatoms. The lowest BCUT2D eigenvalue weighted by Gasteiger charge is -2.04. The van der Waals surface area contributed by atoms with Crippen LogP contribution in [-0.4, -0.2) is 11.6 Å². The molecule has 0 atom stereocenters. The van der Waals surface area contributed by atoms with Gasteiger partial charge in [-0.1, -0.05) is 13.8 Å². The van der Waals surface area contributed by atoms with Crippen molar-refractivity contribution in [2.24, 2.45) is 5.92 Å². The van der Waals surface area contributed by atoms with Crippen molar-refractivity contribution in [3.05, 3.63) is 34.9 Å². The van der Waals surface area contributed by atoms with Crippen molar-refractivity contribution in [3.63, 3.8) is 0 Å². The SMILES string of the molecule is CC(C)C(=O)CC(=O)c1cc(C#N)cc(C#N)c1. The second-order valence-electron chi connectivity index (χ2n) is 4.24. The Labute approximate surface area is 105 Å². The van der Waals surface area contributed by atoms with Gasteiger partial charge in [0.2, 0.25) is 0 Å². The lowest BCUT2D eigenvalue weighted by atomic mass is 9.97. The summed E-state index contributed by atoms with van der Waals surface area (Å²) >= 11 is 0. The second-order valence-corrected chi connectivity index (χ2v) is 4.24. The highest BCUT2D eigenvalue weighted by atomic mass is 16.1. The summed E-state index contributed by atoms with van der Waals surface area (Å²) in [5.74, 6) is -0.716. The molecule has 0 bridgehead atoms. The molecular formula is C14H12N2O2. The quantitative estimate of drug-likeness (QED) is 0.596. The van der Waals surface area contributed by atoms with E-state index >= 15 is 0 Å². The van der Waals surface area contributed by atoms with Crippen LogP contribution in [0, 0.1) is 28.6 Å². The molecule has 0 saturated carbocycles. The molecule has 0 aromatic heterocycles. The third kappa shape index (κ3) is 3.26. The van der Waals surface area contributed by atoms with Crippen molar-refractivity contribution >= 4 is 11.6 Å². The van der Waals surface area contributed by atoms with Gasteiger partial charge in [-0.25, -0.2) is 0 Å². The average Bonchev–Trinajstić information content (AvgIpc) is 2.37. The van der Waals surface area contributed by atoms with Gasteiger partial charge in [0.25, 0.3) is 0 Å². The van der Waals surface area contributed by atoms with Gasteiger partial charge in [-0.2, -0.15) is 10.5 Å². The number of carbonyl (C=O) groups is 2. The maximum atomic E-state index is 11.9. The summed E-state index contributed by atoms with van der Waals surface area (Å²) in [7, 11) is 0. The third-order valence-electron chi connectivity index (χ3n) is 2.49. The fourth-order valence-electron chi connectivity index (χ4n) is 1.38. The highest BCUT2D eigenvalue weighted by Crippen LogP contribution is 2.12. The number of ketones is 2. The summed E-state index contributed by atoms with van der Waals surface area (Å²) in [6, 6.07) is 7.97. The van der Waals surface area contributed by atoms with E-state index in [9.17, 15) is 9.59 Å². The van der Waals surface area contributed by atoms with E-state index in [1.807, 2.05) is 12.1 Å². The highest BCUT2D eigenvalue weighted by Gasteiger charge is 2.15. The molecule has 1 aromatic rings. The molecule has 0 radical (unpaired) electrons. The molecule has 90 valence electrons. The Kier molecular flexibility index (Phi) is 4.34. The average molecular weight is 240 g/mol. The van der Waals surface area contributed by atoms with Crippen LogP contribution in [0.25, 0.3) is 0 Å². The molecule has 0 N–H and O–H groups in total. The first-order valence-electron chi connectivity index (χ1n) is 5.49. The smallest absolute Gasteiger partial charge is 0.170 e. The molecule has 0 saturated heterocycles. The molecule has 0 aliphatic carbocycles. The summed E-state index contributed by atoms with van der Waals surface area (Å²) in [5, 5.41) is 17.6. The summed E-state index contributed by atoms with van der Waals surface area (Å²) in [6.45, 7) is 3.45. The van der Waals surface area contributed by atoms with E-state index in [1.165, 1.54) is 18.2 Å². The number of rotatable bonds is 4. The molecule has 1 rings (SSSR count). The Morgan fingerprint density at radius 2 is 1.61 bits per heavy atom. The maximum absolute atomic E-state index is 11.9. The first-order chi connectivity index (χ1) is 8.47. The van der Waals surface area contributed by atoms with Gasteiger partial charge in [-0.15, -0.1) is 0 Å². The number of hydrogen-bond donors (Lipinski definition) is 0. The van der Waals surface area contributed by atoms with Gasteiger partial charge < -0.3 is 0 Å². The molecular weight excluding hydrogens is 228 g/mol. The van der Waals surface area contributed by atoms with Gasteiger partial charge in [0.1, 0.15) is 5.78 Å². The first-order valence-corrected chi connectivity index (χ1v) is 5.49. The van der Waals surface area contributed by atoms with E-state index in [0.717, 1.165) is 0 Å². The molecule has 18 heavy (non-hydrogen) atoms. The zero-order valence-electron chi connectivity index (χ0n) is 10.2. The minimum absolute atomic E-state index is 0.152. The normalized spacial score (nSPS) is 9.61. The van der Waals surface area contributed by atoms with Gasteiger partial charge in [0.05, 0.1) is 29.7 Å². The van der Waals surface area contributed by atoms with E-state index in [0.29, 0.717) is 0 Å². The van der Waals surface area contributed by atoms with Crippen molar-refractivity contribution in [2.75, 3.05) is 0 Å². The maximum Gasteiger partial charge on any atom is 0.170 e. The molecule has 0 unspecified atom stereocenters. The minimum Gasteiger partial charge on any atom is -0.299 e. The van der Waals surface area contributed by atoms with E-state index in [1.54, 1.807) is 13.8 Å². The topological polar surface area (TPSA) is 81.7 Å². The Morgan fingerprint density at radius 1 is 1.11 bits per heavy atom. The molecule has 0 spiro atoms. The Balaban J connectivity index is 3.04. The number of benzene rings is 1. The summed E-state index contributed by atoms with van der Waals surface area (Å²) in [6.07, 6.45) is -0.197. The minimum atomic E-state index is -0.359. The zero-order valence-corrected chi connectivity index (χ0v) is 10.2. The predicted octanol–water partition coefficient (Wildman–Crippen LogP) is 2.23. The standard InChI is InChI=1S/C14H12N2O2/c1-9(2)13(17)6-14(18)12-4-10(7-15)3-11(5-12)8-16/h3-5,9H,6H2,1-2H3. The number of Topliss-reactive ketones (excluding diaryl/α,β-unsaturated/α-hetero) is 2. The Bertz CT molecular complexity index is 542. The van der Waals surface area contributed by atoms with Crippen molar-refractivity contribution in [2.45, 2.75) is 20.3 Å². The largest absolute Gasteiger partial charge is 0.299 e. The van der Waals surface area contributed by atoms with Crippen LogP contribution in [0.2, 0.25) is 0 Å². The molecule has 1 aromatic carbocycles. The Morgan fingerprint density at radius 3 is 2.00 bits per heavy atom. The van der Waals surface area contributed by atoms with Crippen LogP contribution in [0.15, 0.2) is 18.2 Å². The van der Waals surface area contributed by atoms with Crippen molar-refractivity contribution in [3.8, 4) is 12.1 Å². The van der Waals surface area contributed by atoms with Crippen LogP contribution in [0.5, 0.6) is 0 Å². The van der Waals surface area contributed by atoms with Crippen molar-refractivity contribution in [1.29, 1.82) is 10.5 Å². The molecule has 0 aliphatic heterocycles. The summed E-state index contributed by atoms with van der Waals surface area (Å²) < 4.78 is 0. The molecule has 0 aliphatic rings. The lowest BCUT2D eigenvalue weighted by Crippen LogP contribution is -2.13. The van der Waals surface area contributed by atoms with Crippen LogP contribution in [-0.2, 0) is 4.79 Å². The van der Waals surface area contributed by atoms with E-state index < -0.39 is 0 Å². The first kappa shape index (κ1) is 13.6. The summed E-state index contributed by atoms with van der Waals surface area (Å²) in [5.41, 5.74) is 0.725. The van der Waals surface area contributed by atoms with Gasteiger partial charge in [0, 0.05) is 11.5 Å². The van der Waals surface area contributed by atoms with Crippen LogP contribution in [0.3, 0.4) is 0 Å². The van der Waals surface area contributed by atoms with E-state index in [2.05, 4.69) is 0 Å². The summed E-state index contributed by atoms with van der Waals surface area (Å²) in [4.78, 5) is 23.3. The lowest BCUT2D eigenvalue weighted by molar-refractivity contribution is -0.121. The van der Waals surface area contributed by atoms with E-state index in [-0.39, 0.29) is 40.6 Å². The number of carbonyl (C=O) groups excluding carboxylic acids is 2. The van der Waals surface area contributed by atoms with Crippen molar-refractivity contribution < 1.29 is 9.59 Å². The number of nitriles is 2. The van der Waals surface area contributed by atoms with Gasteiger partial charge in [0.15, 0.2) is 5.78 Å². The van der Waals surface area contributed by atoms with Crippen molar-refractivity contribution in [1.82, 2.24) is 0 Å². The van der Waals surface area contributed by atoms with Gasteiger partial charge >= 0.3 is 0 Å². The molecule has 0 fully saturated rings. The number of nitrogens with zero attached hydrogens (tertiary/aromatic N) is 2. The zero-order chi connectivity index (χ0) is 13.7. The fraction of sp³-hybridized carbons (Fsp3) is 0.286. The highest BCUT2D eigenvalue weighted by molar-refractivity contribution is 6.08. The third-order valence-corrected chi connectivity index (χ3v) is 2.49. The van der Waals surface area contributed by atoms with Crippen LogP contribution >= 0.6 is 0 Å². The van der Waals surface area contributed by atoms with Gasteiger partial charge in [-0.05, 0) is 18.2 Å². The predicted molar refractivity (Wildman–Crippen MR) is 64.7 cm³/mol. The molecule has 0 heterocycles. The van der Waals surface area contributed by atoms with Crippen LogP contribution in [0.1, 0.15) is 41.8 Å². The Hall–Kier alpha value is -2.46. The monoisotopic (exact) mass is 240 g/mol.